The maximum absolute atomic E-state index is 13.0. The van der Waals surface area contributed by atoms with Crippen molar-refractivity contribution >= 4 is 17.5 Å². The lowest BCUT2D eigenvalue weighted by Crippen LogP contribution is -2.40. The van der Waals surface area contributed by atoms with Gasteiger partial charge in [-0.25, -0.2) is 19.5 Å². The van der Waals surface area contributed by atoms with Gasteiger partial charge in [-0.05, 0) is 25.8 Å². The van der Waals surface area contributed by atoms with Gasteiger partial charge >= 0.3 is 0 Å². The van der Waals surface area contributed by atoms with E-state index in [0.717, 1.165) is 18.5 Å². The summed E-state index contributed by atoms with van der Waals surface area (Å²) in [6.45, 7) is 3.08. The minimum atomic E-state index is -0.135. The van der Waals surface area contributed by atoms with Crippen LogP contribution in [0.15, 0.2) is 31.0 Å². The molecule has 1 saturated heterocycles. The first-order valence-electron chi connectivity index (χ1n) is 9.57. The lowest BCUT2D eigenvalue weighted by atomic mass is 9.94. The van der Waals surface area contributed by atoms with Crippen molar-refractivity contribution in [3.63, 3.8) is 0 Å². The van der Waals surface area contributed by atoms with E-state index < -0.39 is 0 Å². The van der Waals surface area contributed by atoms with Crippen LogP contribution >= 0.6 is 0 Å². The minimum absolute atomic E-state index is 0.0537. The molecule has 0 aliphatic carbocycles. The van der Waals surface area contributed by atoms with Gasteiger partial charge in [-0.2, -0.15) is 5.10 Å². The maximum atomic E-state index is 13.0. The summed E-state index contributed by atoms with van der Waals surface area (Å²) >= 11 is 0. The van der Waals surface area contributed by atoms with E-state index >= 15 is 0 Å². The summed E-state index contributed by atoms with van der Waals surface area (Å²) < 4.78 is 1.73. The van der Waals surface area contributed by atoms with Crippen molar-refractivity contribution in [1.29, 1.82) is 0 Å². The first kappa shape index (κ1) is 19.0. The van der Waals surface area contributed by atoms with Crippen LogP contribution in [0.4, 0.5) is 0 Å². The first-order chi connectivity index (χ1) is 14.0. The van der Waals surface area contributed by atoms with Crippen LogP contribution < -0.4 is 0 Å². The second kappa shape index (κ2) is 7.57. The Labute approximate surface area is 168 Å². The Morgan fingerprint density at radius 1 is 1.17 bits per heavy atom. The van der Waals surface area contributed by atoms with Crippen LogP contribution in [0.1, 0.15) is 50.9 Å². The highest BCUT2D eigenvalue weighted by Crippen LogP contribution is 2.28. The molecule has 3 aromatic rings. The summed E-state index contributed by atoms with van der Waals surface area (Å²) in [5.41, 5.74) is 3.17. The van der Waals surface area contributed by atoms with Crippen molar-refractivity contribution in [1.82, 2.24) is 34.4 Å². The van der Waals surface area contributed by atoms with Crippen molar-refractivity contribution in [3.8, 4) is 0 Å². The molecule has 0 spiro atoms. The number of hydrogen-bond donors (Lipinski definition) is 0. The fourth-order valence-corrected chi connectivity index (χ4v) is 3.78. The summed E-state index contributed by atoms with van der Waals surface area (Å²) in [7, 11) is 3.41. The Morgan fingerprint density at radius 2 is 2.00 bits per heavy atom. The van der Waals surface area contributed by atoms with Crippen molar-refractivity contribution < 1.29 is 9.59 Å². The van der Waals surface area contributed by atoms with Crippen LogP contribution in [0.3, 0.4) is 0 Å². The van der Waals surface area contributed by atoms with E-state index in [1.807, 2.05) is 17.9 Å². The Kier molecular flexibility index (Phi) is 4.96. The number of nitrogens with zero attached hydrogens (tertiary/aromatic N) is 7. The summed E-state index contributed by atoms with van der Waals surface area (Å²) in [5.74, 6) is -0.0861. The number of aromatic nitrogens is 5. The van der Waals surface area contributed by atoms with Crippen molar-refractivity contribution in [2.75, 3.05) is 27.2 Å². The third-order valence-corrected chi connectivity index (χ3v) is 5.34. The second-order valence-electron chi connectivity index (χ2n) is 7.48. The Bertz CT molecular complexity index is 1080. The Morgan fingerprint density at radius 3 is 2.76 bits per heavy atom. The normalized spacial score (nSPS) is 16.8. The van der Waals surface area contributed by atoms with Crippen molar-refractivity contribution in [3.05, 3.63) is 53.5 Å². The summed E-state index contributed by atoms with van der Waals surface area (Å²) in [4.78, 5) is 41.2. The van der Waals surface area contributed by atoms with E-state index in [0.29, 0.717) is 35.6 Å². The van der Waals surface area contributed by atoms with Crippen LogP contribution in [0.2, 0.25) is 0 Å². The number of piperidine rings is 1. The van der Waals surface area contributed by atoms with E-state index in [1.54, 1.807) is 37.2 Å². The summed E-state index contributed by atoms with van der Waals surface area (Å²) in [6, 6.07) is 1.92. The monoisotopic (exact) mass is 393 g/mol. The molecule has 150 valence electrons. The molecule has 0 bridgehead atoms. The molecule has 0 radical (unpaired) electrons. The predicted molar refractivity (Wildman–Crippen MR) is 106 cm³/mol. The van der Waals surface area contributed by atoms with E-state index in [-0.39, 0.29) is 17.7 Å². The van der Waals surface area contributed by atoms with Gasteiger partial charge < -0.3 is 9.80 Å². The third kappa shape index (κ3) is 3.43. The van der Waals surface area contributed by atoms with Gasteiger partial charge in [0.05, 0.1) is 23.1 Å². The SMILES string of the molecule is Cc1ncncc1C(=O)N1CCC[C@@H](c2ccnc3c(C(=O)N(C)C)cnn23)C1. The van der Waals surface area contributed by atoms with Crippen molar-refractivity contribution in [2.24, 2.45) is 0 Å². The first-order valence-corrected chi connectivity index (χ1v) is 9.57. The molecule has 4 heterocycles. The molecule has 0 N–H and O–H groups in total. The van der Waals surface area contributed by atoms with E-state index in [1.165, 1.54) is 11.2 Å². The third-order valence-electron chi connectivity index (χ3n) is 5.34. The van der Waals surface area contributed by atoms with Crippen LogP contribution in [-0.4, -0.2) is 73.4 Å². The second-order valence-corrected chi connectivity index (χ2v) is 7.48. The van der Waals surface area contributed by atoms with Gasteiger partial charge in [0.1, 0.15) is 11.9 Å². The minimum Gasteiger partial charge on any atom is -0.345 e. The fourth-order valence-electron chi connectivity index (χ4n) is 3.78. The van der Waals surface area contributed by atoms with Gasteiger partial charge in [0.2, 0.25) is 0 Å². The number of rotatable bonds is 3. The molecule has 2 amide bonds. The molecule has 1 fully saturated rings. The standard InChI is InChI=1S/C20H23N7O2/c1-13-15(9-21-12-23-13)20(29)26-8-4-5-14(11-26)17-6-7-22-18-16(10-24-27(17)18)19(28)25(2)3/h6-7,9-10,12,14H,4-5,8,11H2,1-3H3/t14-/m1/s1. The quantitative estimate of drug-likeness (QED) is 0.670. The molecule has 3 aromatic heterocycles. The van der Waals surface area contributed by atoms with Gasteiger partial charge in [-0.3, -0.25) is 9.59 Å². The molecule has 0 unspecified atom stereocenters. The van der Waals surface area contributed by atoms with Gasteiger partial charge in [0, 0.05) is 45.5 Å². The number of hydrogen-bond acceptors (Lipinski definition) is 6. The van der Waals surface area contributed by atoms with Crippen LogP contribution in [0.5, 0.6) is 0 Å². The van der Waals surface area contributed by atoms with Crippen molar-refractivity contribution in [2.45, 2.75) is 25.7 Å². The van der Waals surface area contributed by atoms with Gasteiger partial charge in [-0.1, -0.05) is 0 Å². The Hall–Kier alpha value is -3.36. The molecule has 1 atom stereocenters. The molecule has 29 heavy (non-hydrogen) atoms. The zero-order chi connectivity index (χ0) is 20.5. The number of likely N-dealkylation sites (tertiary alicyclic amines) is 1. The molecule has 1 aliphatic rings. The average molecular weight is 393 g/mol. The van der Waals surface area contributed by atoms with E-state index in [9.17, 15) is 9.59 Å². The average Bonchev–Trinajstić information content (AvgIpc) is 3.17. The molecule has 0 aromatic carbocycles. The lowest BCUT2D eigenvalue weighted by molar-refractivity contribution is 0.0703. The van der Waals surface area contributed by atoms with E-state index in [2.05, 4.69) is 20.1 Å². The topological polar surface area (TPSA) is 96.6 Å². The highest BCUT2D eigenvalue weighted by Gasteiger charge is 2.29. The zero-order valence-electron chi connectivity index (χ0n) is 16.7. The van der Waals surface area contributed by atoms with Gasteiger partial charge in [-0.15, -0.1) is 0 Å². The molecule has 4 rings (SSSR count). The van der Waals surface area contributed by atoms with Crippen LogP contribution in [0, 0.1) is 6.92 Å². The highest BCUT2D eigenvalue weighted by atomic mass is 16.2. The molecule has 9 heteroatoms. The molecule has 9 nitrogen and oxygen atoms in total. The number of carbonyl (C=O) groups excluding carboxylic acids is 2. The highest BCUT2D eigenvalue weighted by molar-refractivity contribution is 5.99. The number of aryl methyl sites for hydroxylation is 1. The number of carbonyl (C=O) groups is 2. The maximum Gasteiger partial charge on any atom is 0.258 e. The largest absolute Gasteiger partial charge is 0.345 e. The van der Waals surface area contributed by atoms with E-state index in [4.69, 9.17) is 0 Å². The number of fused-ring (bicyclic) bond motifs is 1. The predicted octanol–water partition coefficient (Wildman–Crippen LogP) is 1.55. The molecular formula is C20H23N7O2. The lowest BCUT2D eigenvalue weighted by Gasteiger charge is -2.33. The Balaban J connectivity index is 1.64. The summed E-state index contributed by atoms with van der Waals surface area (Å²) in [6.07, 6.45) is 8.11. The molecular weight excluding hydrogens is 370 g/mol. The molecule has 0 saturated carbocycles. The van der Waals surface area contributed by atoms with Gasteiger partial charge in [0.15, 0.2) is 5.65 Å². The summed E-state index contributed by atoms with van der Waals surface area (Å²) in [5, 5.41) is 4.42. The number of amides is 2. The fraction of sp³-hybridized carbons (Fsp3) is 0.400. The zero-order valence-corrected chi connectivity index (χ0v) is 16.7. The van der Waals surface area contributed by atoms with Crippen LogP contribution in [0.25, 0.3) is 5.65 Å². The smallest absolute Gasteiger partial charge is 0.258 e. The van der Waals surface area contributed by atoms with Gasteiger partial charge in [0.25, 0.3) is 11.8 Å². The van der Waals surface area contributed by atoms with Crippen LogP contribution in [-0.2, 0) is 0 Å². The molecule has 1 aliphatic heterocycles.